The van der Waals surface area contributed by atoms with Crippen molar-refractivity contribution in [1.29, 1.82) is 5.26 Å². The molecule has 0 aliphatic carbocycles. The van der Waals surface area contributed by atoms with Crippen LogP contribution in [0, 0.1) is 23.0 Å². The minimum absolute atomic E-state index is 0.0394. The van der Waals surface area contributed by atoms with E-state index in [0.717, 1.165) is 12.1 Å². The normalized spacial score (nSPS) is 9.61. The van der Waals surface area contributed by atoms with Crippen LogP contribution in [0.25, 0.3) is 0 Å². The number of hydrogen-bond acceptors (Lipinski definition) is 2. The Bertz CT molecular complexity index is 760. The maximum Gasteiger partial charge on any atom is 0.253 e. The van der Waals surface area contributed by atoms with Gasteiger partial charge in [0.05, 0.1) is 15.6 Å². The molecule has 0 atom stereocenters. The SMILES string of the molecule is N#Cc1c(F)cc(Cl)cc1Cl.NC(=O)c1c(F)cc(Cl)cc1Cl. The zero-order valence-corrected chi connectivity index (χ0v) is 14.0. The quantitative estimate of drug-likeness (QED) is 0.715. The molecule has 9 heteroatoms. The van der Waals surface area contributed by atoms with Crippen LogP contribution in [0.2, 0.25) is 20.1 Å². The van der Waals surface area contributed by atoms with Crippen LogP contribution in [0.5, 0.6) is 0 Å². The molecule has 0 aliphatic rings. The highest BCUT2D eigenvalue weighted by Crippen LogP contribution is 2.24. The summed E-state index contributed by atoms with van der Waals surface area (Å²) in [7, 11) is 0. The summed E-state index contributed by atoms with van der Waals surface area (Å²) in [6, 6.07) is 6.23. The van der Waals surface area contributed by atoms with Gasteiger partial charge in [-0.2, -0.15) is 5.26 Å². The minimum Gasteiger partial charge on any atom is -0.365 e. The van der Waals surface area contributed by atoms with Gasteiger partial charge in [0.25, 0.3) is 5.91 Å². The third kappa shape index (κ3) is 5.22. The van der Waals surface area contributed by atoms with E-state index in [9.17, 15) is 13.6 Å². The number of hydrogen-bond donors (Lipinski definition) is 1. The second kappa shape index (κ2) is 8.32. The van der Waals surface area contributed by atoms with Gasteiger partial charge in [-0.25, -0.2) is 8.78 Å². The average molecular weight is 398 g/mol. The molecule has 2 N–H and O–H groups in total. The summed E-state index contributed by atoms with van der Waals surface area (Å²) in [6.45, 7) is 0. The summed E-state index contributed by atoms with van der Waals surface area (Å²) in [4.78, 5) is 10.6. The molecule has 2 rings (SSSR count). The number of benzene rings is 2. The fraction of sp³-hybridized carbons (Fsp3) is 0. The van der Waals surface area contributed by atoms with Crippen LogP contribution in [0.3, 0.4) is 0 Å². The third-order valence-corrected chi connectivity index (χ3v) is 3.40. The van der Waals surface area contributed by atoms with Crippen LogP contribution >= 0.6 is 46.4 Å². The summed E-state index contributed by atoms with van der Waals surface area (Å²) in [5, 5.41) is 8.65. The highest BCUT2D eigenvalue weighted by atomic mass is 35.5. The van der Waals surface area contributed by atoms with Crippen molar-refractivity contribution in [2.75, 3.05) is 0 Å². The summed E-state index contributed by atoms with van der Waals surface area (Å²) in [5.74, 6) is -2.40. The van der Waals surface area contributed by atoms with Crippen molar-refractivity contribution in [3.63, 3.8) is 0 Å². The van der Waals surface area contributed by atoms with Gasteiger partial charge in [0.2, 0.25) is 0 Å². The molecule has 2 aromatic carbocycles. The van der Waals surface area contributed by atoms with E-state index in [2.05, 4.69) is 0 Å². The van der Waals surface area contributed by atoms with Crippen LogP contribution in [0.4, 0.5) is 8.78 Å². The van der Waals surface area contributed by atoms with Gasteiger partial charge in [0.15, 0.2) is 0 Å². The Balaban J connectivity index is 0.000000231. The van der Waals surface area contributed by atoms with Gasteiger partial charge in [-0.1, -0.05) is 46.4 Å². The number of carbonyl (C=O) groups excluding carboxylic acids is 1. The molecule has 0 unspecified atom stereocenters. The Hall–Kier alpha value is -1.58. The highest BCUT2D eigenvalue weighted by Gasteiger charge is 2.13. The van der Waals surface area contributed by atoms with E-state index in [1.54, 1.807) is 6.07 Å². The maximum absolute atomic E-state index is 12.9. The lowest BCUT2D eigenvalue weighted by Gasteiger charge is -2.01. The van der Waals surface area contributed by atoms with Gasteiger partial charge >= 0.3 is 0 Å². The number of nitrogens with zero attached hydrogens (tertiary/aromatic N) is 1. The molecule has 2 aromatic rings. The zero-order valence-electron chi connectivity index (χ0n) is 11.0. The Morgan fingerprint density at radius 3 is 1.83 bits per heavy atom. The lowest BCUT2D eigenvalue weighted by molar-refractivity contribution is 0.0996. The minimum atomic E-state index is -0.908. The molecule has 0 spiro atoms. The molecule has 0 aromatic heterocycles. The first-order valence-corrected chi connectivity index (χ1v) is 7.17. The molecule has 0 radical (unpaired) electrons. The molecule has 0 fully saturated rings. The van der Waals surface area contributed by atoms with E-state index in [1.807, 2.05) is 0 Å². The molecule has 120 valence electrons. The Morgan fingerprint density at radius 1 is 0.957 bits per heavy atom. The average Bonchev–Trinajstić information content (AvgIpc) is 2.36. The first-order chi connectivity index (χ1) is 10.7. The van der Waals surface area contributed by atoms with Crippen molar-refractivity contribution in [1.82, 2.24) is 0 Å². The number of nitriles is 1. The van der Waals surface area contributed by atoms with Gasteiger partial charge in [-0.05, 0) is 24.3 Å². The van der Waals surface area contributed by atoms with Crippen molar-refractivity contribution in [2.45, 2.75) is 0 Å². The van der Waals surface area contributed by atoms with Crippen molar-refractivity contribution in [2.24, 2.45) is 5.73 Å². The van der Waals surface area contributed by atoms with Crippen molar-refractivity contribution >= 4 is 52.3 Å². The summed E-state index contributed by atoms with van der Waals surface area (Å²) in [5.41, 5.74) is 4.36. The third-order valence-electron chi connectivity index (χ3n) is 2.37. The van der Waals surface area contributed by atoms with Crippen molar-refractivity contribution in [3.05, 3.63) is 67.1 Å². The first kappa shape index (κ1) is 19.5. The molecule has 23 heavy (non-hydrogen) atoms. The molecule has 0 heterocycles. The second-order valence-corrected chi connectivity index (χ2v) is 5.65. The molecular formula is C14H6Cl4F2N2O. The fourth-order valence-corrected chi connectivity index (χ4v) is 2.50. The lowest BCUT2D eigenvalue weighted by atomic mass is 10.2. The number of carbonyl (C=O) groups is 1. The van der Waals surface area contributed by atoms with E-state index >= 15 is 0 Å². The largest absolute Gasteiger partial charge is 0.365 e. The van der Waals surface area contributed by atoms with Gasteiger partial charge in [-0.3, -0.25) is 4.79 Å². The summed E-state index contributed by atoms with van der Waals surface area (Å²) in [6.07, 6.45) is 0. The first-order valence-electron chi connectivity index (χ1n) is 5.66. The Kier molecular flexibility index (Phi) is 7.04. The molecule has 0 saturated carbocycles. The van der Waals surface area contributed by atoms with Crippen LogP contribution in [-0.4, -0.2) is 5.91 Å². The molecule has 1 amide bonds. The Morgan fingerprint density at radius 2 is 1.43 bits per heavy atom. The van der Waals surface area contributed by atoms with Crippen LogP contribution in [0.1, 0.15) is 15.9 Å². The van der Waals surface area contributed by atoms with E-state index in [1.165, 1.54) is 12.1 Å². The number of nitrogens with two attached hydrogens (primary N) is 1. The predicted octanol–water partition coefficient (Wildman–Crippen LogP) is 5.24. The van der Waals surface area contributed by atoms with E-state index < -0.39 is 17.5 Å². The Labute approximate surface area is 150 Å². The molecule has 0 saturated heterocycles. The van der Waals surface area contributed by atoms with E-state index in [-0.39, 0.29) is 31.2 Å². The van der Waals surface area contributed by atoms with Crippen LogP contribution in [-0.2, 0) is 0 Å². The van der Waals surface area contributed by atoms with Crippen molar-refractivity contribution in [3.8, 4) is 6.07 Å². The molecule has 3 nitrogen and oxygen atoms in total. The topological polar surface area (TPSA) is 66.9 Å². The fourth-order valence-electron chi connectivity index (χ4n) is 1.43. The number of amides is 1. The maximum atomic E-state index is 12.9. The number of rotatable bonds is 1. The smallest absolute Gasteiger partial charge is 0.253 e. The standard InChI is InChI=1S/C7H4Cl2FNO.C7H2Cl2FN/c8-3-1-4(9)6(7(11)12)5(10)2-3;8-4-1-6(9)5(3-11)7(10)2-4/h1-2H,(H2,11,12);1-2H. The number of halogens is 6. The zero-order chi connectivity index (χ0) is 17.7. The van der Waals surface area contributed by atoms with Gasteiger partial charge in [0, 0.05) is 10.0 Å². The van der Waals surface area contributed by atoms with Crippen LogP contribution in [0.15, 0.2) is 24.3 Å². The van der Waals surface area contributed by atoms with E-state index in [4.69, 9.17) is 57.4 Å². The molecule has 0 aliphatic heterocycles. The van der Waals surface area contributed by atoms with Gasteiger partial charge in [-0.15, -0.1) is 0 Å². The molecular weight excluding hydrogens is 392 g/mol. The van der Waals surface area contributed by atoms with Crippen molar-refractivity contribution < 1.29 is 13.6 Å². The van der Waals surface area contributed by atoms with Gasteiger partial charge < -0.3 is 5.73 Å². The highest BCUT2D eigenvalue weighted by molar-refractivity contribution is 6.37. The van der Waals surface area contributed by atoms with E-state index in [0.29, 0.717) is 0 Å². The summed E-state index contributed by atoms with van der Waals surface area (Å²) >= 11 is 21.9. The predicted molar refractivity (Wildman–Crippen MR) is 86.1 cm³/mol. The second-order valence-electron chi connectivity index (χ2n) is 3.96. The lowest BCUT2D eigenvalue weighted by Crippen LogP contribution is -2.13. The summed E-state index contributed by atoms with van der Waals surface area (Å²) < 4.78 is 25.6. The number of primary amides is 1. The van der Waals surface area contributed by atoms with Crippen LogP contribution < -0.4 is 5.73 Å². The van der Waals surface area contributed by atoms with Gasteiger partial charge in [0.1, 0.15) is 23.3 Å². The molecule has 0 bridgehead atoms. The monoisotopic (exact) mass is 396 g/mol.